The lowest BCUT2D eigenvalue weighted by atomic mass is 10.1. The zero-order chi connectivity index (χ0) is 16.5. The Hall–Kier alpha value is -2.35. The van der Waals surface area contributed by atoms with Gasteiger partial charge in [-0.05, 0) is 25.1 Å². The molecule has 0 spiro atoms. The molecule has 0 saturated heterocycles. The largest absolute Gasteiger partial charge is 0.416 e. The number of nitrogen functional groups attached to an aromatic ring is 1. The van der Waals surface area contributed by atoms with Gasteiger partial charge in [-0.2, -0.15) is 13.2 Å². The first-order valence-corrected chi connectivity index (χ1v) is 6.37. The highest BCUT2D eigenvalue weighted by atomic mass is 35.5. The number of alkyl halides is 3. The summed E-state index contributed by atoms with van der Waals surface area (Å²) in [7, 11) is 0. The minimum atomic E-state index is -4.48. The minimum absolute atomic E-state index is 0.0840. The Kier molecular flexibility index (Phi) is 4.23. The molecule has 116 valence electrons. The molecule has 0 bridgehead atoms. The van der Waals surface area contributed by atoms with Crippen LogP contribution in [0.25, 0.3) is 17.3 Å². The molecule has 2 rings (SSSR count). The maximum atomic E-state index is 12.7. The van der Waals surface area contributed by atoms with Crippen molar-refractivity contribution in [2.75, 3.05) is 5.73 Å². The Morgan fingerprint density at radius 1 is 1.27 bits per heavy atom. The van der Waals surface area contributed by atoms with Crippen molar-refractivity contribution in [2.45, 2.75) is 13.1 Å². The summed E-state index contributed by atoms with van der Waals surface area (Å²) in [6, 6.07) is 2.93. The fraction of sp³-hybridized carbons (Fsp3) is 0.154. The van der Waals surface area contributed by atoms with Crippen molar-refractivity contribution in [2.24, 2.45) is 5.73 Å². The number of nitrogens with zero attached hydrogens (tertiary/aromatic N) is 3. The SMILES string of the molecule is CC(N)=Cc1nc(N)nnc1-c1ccc(C(F)(F)F)cc1Cl. The quantitative estimate of drug-likeness (QED) is 0.883. The van der Waals surface area contributed by atoms with Crippen LogP contribution in [0.15, 0.2) is 23.9 Å². The van der Waals surface area contributed by atoms with Gasteiger partial charge in [0.05, 0.1) is 16.3 Å². The number of hydrogen-bond acceptors (Lipinski definition) is 5. The standard InChI is InChI=1S/C13H11ClF3N5/c1-6(18)4-10-11(21-22-12(19)20-10)8-3-2-7(5-9(8)14)13(15,16)17/h2-5H,18H2,1H3,(H2,19,20,22). The van der Waals surface area contributed by atoms with Gasteiger partial charge in [0.2, 0.25) is 5.95 Å². The van der Waals surface area contributed by atoms with Crippen LogP contribution < -0.4 is 11.5 Å². The molecule has 0 aliphatic rings. The summed E-state index contributed by atoms with van der Waals surface area (Å²) in [5.41, 5.74) is 11.3. The normalized spacial score (nSPS) is 12.5. The van der Waals surface area contributed by atoms with Gasteiger partial charge in [0.1, 0.15) is 5.69 Å². The first-order chi connectivity index (χ1) is 10.2. The van der Waals surface area contributed by atoms with E-state index in [9.17, 15) is 13.2 Å². The maximum Gasteiger partial charge on any atom is 0.416 e. The zero-order valence-corrected chi connectivity index (χ0v) is 12.1. The lowest BCUT2D eigenvalue weighted by Gasteiger charge is -2.11. The minimum Gasteiger partial charge on any atom is -0.402 e. The summed E-state index contributed by atoms with van der Waals surface area (Å²) in [5.74, 6) is -0.0840. The van der Waals surface area contributed by atoms with Crippen LogP contribution in [-0.4, -0.2) is 15.2 Å². The average Bonchev–Trinajstić information content (AvgIpc) is 2.38. The molecule has 0 unspecified atom stereocenters. The molecule has 9 heteroatoms. The van der Waals surface area contributed by atoms with Gasteiger partial charge in [0.15, 0.2) is 0 Å². The van der Waals surface area contributed by atoms with E-state index in [4.69, 9.17) is 23.1 Å². The van der Waals surface area contributed by atoms with E-state index in [1.807, 2.05) is 0 Å². The van der Waals surface area contributed by atoms with Gasteiger partial charge in [-0.15, -0.1) is 10.2 Å². The summed E-state index contributed by atoms with van der Waals surface area (Å²) < 4.78 is 38.0. The van der Waals surface area contributed by atoms with Crippen molar-refractivity contribution in [1.29, 1.82) is 0 Å². The average molecular weight is 330 g/mol. The van der Waals surface area contributed by atoms with Gasteiger partial charge in [0, 0.05) is 11.3 Å². The van der Waals surface area contributed by atoms with E-state index in [2.05, 4.69) is 15.2 Å². The van der Waals surface area contributed by atoms with Gasteiger partial charge < -0.3 is 11.5 Å². The summed E-state index contributed by atoms with van der Waals surface area (Å²) >= 11 is 5.94. The first-order valence-electron chi connectivity index (χ1n) is 5.99. The smallest absolute Gasteiger partial charge is 0.402 e. The number of allylic oxidation sites excluding steroid dienone is 1. The van der Waals surface area contributed by atoms with Crippen molar-refractivity contribution in [3.05, 3.63) is 40.2 Å². The highest BCUT2D eigenvalue weighted by Gasteiger charge is 2.31. The van der Waals surface area contributed by atoms with Crippen molar-refractivity contribution in [1.82, 2.24) is 15.2 Å². The van der Waals surface area contributed by atoms with Crippen LogP contribution in [0.3, 0.4) is 0 Å². The zero-order valence-electron chi connectivity index (χ0n) is 11.3. The molecule has 5 nitrogen and oxygen atoms in total. The number of aromatic nitrogens is 3. The fourth-order valence-electron chi connectivity index (χ4n) is 1.74. The molecule has 0 saturated carbocycles. The van der Waals surface area contributed by atoms with Crippen LogP contribution in [-0.2, 0) is 6.18 Å². The van der Waals surface area contributed by atoms with Gasteiger partial charge in [0.25, 0.3) is 0 Å². The molecule has 0 amide bonds. The van der Waals surface area contributed by atoms with E-state index in [-0.39, 0.29) is 27.9 Å². The monoisotopic (exact) mass is 329 g/mol. The molecule has 1 aromatic carbocycles. The van der Waals surface area contributed by atoms with E-state index in [0.717, 1.165) is 12.1 Å². The van der Waals surface area contributed by atoms with E-state index in [0.29, 0.717) is 5.70 Å². The molecule has 0 atom stereocenters. The molecule has 0 aliphatic carbocycles. The third-order valence-corrected chi connectivity index (χ3v) is 2.96. The summed E-state index contributed by atoms with van der Waals surface area (Å²) in [5, 5.41) is 7.33. The lowest BCUT2D eigenvalue weighted by Crippen LogP contribution is -2.06. The number of nitrogens with two attached hydrogens (primary N) is 2. The predicted molar refractivity (Wildman–Crippen MR) is 77.5 cm³/mol. The van der Waals surface area contributed by atoms with Gasteiger partial charge in [-0.3, -0.25) is 0 Å². The third-order valence-electron chi connectivity index (χ3n) is 2.65. The van der Waals surface area contributed by atoms with Crippen LogP contribution in [0.4, 0.5) is 19.1 Å². The molecular formula is C13H11ClF3N5. The van der Waals surface area contributed by atoms with Gasteiger partial charge in [-0.1, -0.05) is 17.7 Å². The lowest BCUT2D eigenvalue weighted by molar-refractivity contribution is -0.137. The molecule has 1 aromatic heterocycles. The van der Waals surface area contributed by atoms with Crippen molar-refractivity contribution in [3.8, 4) is 11.3 Å². The molecule has 0 radical (unpaired) electrons. The molecule has 4 N–H and O–H groups in total. The Balaban J connectivity index is 2.60. The Morgan fingerprint density at radius 2 is 1.95 bits per heavy atom. The summed E-state index contributed by atoms with van der Waals surface area (Å²) in [6.45, 7) is 1.62. The highest BCUT2D eigenvalue weighted by Crippen LogP contribution is 2.35. The van der Waals surface area contributed by atoms with Crippen LogP contribution >= 0.6 is 11.6 Å². The number of benzene rings is 1. The molecule has 1 heterocycles. The second-order valence-corrected chi connectivity index (χ2v) is 4.89. The fourth-order valence-corrected chi connectivity index (χ4v) is 2.01. The second kappa shape index (κ2) is 5.80. The predicted octanol–water partition coefficient (Wildman–Crippen LogP) is 3.11. The van der Waals surface area contributed by atoms with E-state index in [1.165, 1.54) is 12.1 Å². The number of halogens is 4. The summed E-state index contributed by atoms with van der Waals surface area (Å²) in [4.78, 5) is 3.97. The van der Waals surface area contributed by atoms with Crippen molar-refractivity contribution in [3.63, 3.8) is 0 Å². The van der Waals surface area contributed by atoms with E-state index >= 15 is 0 Å². The van der Waals surface area contributed by atoms with E-state index < -0.39 is 11.7 Å². The number of anilines is 1. The number of rotatable bonds is 2. The highest BCUT2D eigenvalue weighted by molar-refractivity contribution is 6.33. The van der Waals surface area contributed by atoms with Gasteiger partial charge >= 0.3 is 6.18 Å². The molecule has 2 aromatic rings. The Morgan fingerprint density at radius 3 is 2.50 bits per heavy atom. The summed E-state index contributed by atoms with van der Waals surface area (Å²) in [6.07, 6.45) is -3.00. The van der Waals surface area contributed by atoms with Crippen LogP contribution in [0.2, 0.25) is 5.02 Å². The van der Waals surface area contributed by atoms with Crippen molar-refractivity contribution < 1.29 is 13.2 Å². The third kappa shape index (κ3) is 3.45. The van der Waals surface area contributed by atoms with Gasteiger partial charge in [-0.25, -0.2) is 4.98 Å². The maximum absolute atomic E-state index is 12.7. The number of hydrogen-bond donors (Lipinski definition) is 2. The van der Waals surface area contributed by atoms with Crippen molar-refractivity contribution >= 4 is 23.6 Å². The van der Waals surface area contributed by atoms with Crippen LogP contribution in [0, 0.1) is 0 Å². The topological polar surface area (TPSA) is 90.7 Å². The van der Waals surface area contributed by atoms with Crippen LogP contribution in [0.5, 0.6) is 0 Å². The van der Waals surface area contributed by atoms with E-state index in [1.54, 1.807) is 6.92 Å². The second-order valence-electron chi connectivity index (χ2n) is 4.48. The molecule has 22 heavy (non-hydrogen) atoms. The molecule has 0 aliphatic heterocycles. The Labute approximate surface area is 128 Å². The Bertz CT molecular complexity index is 739. The first kappa shape index (κ1) is 16.0. The molecular weight excluding hydrogens is 319 g/mol. The molecule has 0 fully saturated rings. The van der Waals surface area contributed by atoms with Crippen LogP contribution in [0.1, 0.15) is 18.2 Å².